The van der Waals surface area contributed by atoms with E-state index in [2.05, 4.69) is 0 Å². The summed E-state index contributed by atoms with van der Waals surface area (Å²) in [7, 11) is 0. The van der Waals surface area contributed by atoms with E-state index in [-0.39, 0.29) is 23.5 Å². The van der Waals surface area contributed by atoms with Crippen LogP contribution in [0.2, 0.25) is 0 Å². The van der Waals surface area contributed by atoms with Crippen LogP contribution >= 0.6 is 0 Å². The monoisotopic (exact) mass is 174 g/mol. The van der Waals surface area contributed by atoms with Crippen molar-refractivity contribution < 1.29 is 10.2 Å². The fourth-order valence-electron chi connectivity index (χ4n) is 1.60. The summed E-state index contributed by atoms with van der Waals surface area (Å²) in [5, 5.41) is 18.7. The highest BCUT2D eigenvalue weighted by Crippen LogP contribution is 2.35. The third kappa shape index (κ3) is 3.11. The minimum atomic E-state index is -0.378. The summed E-state index contributed by atoms with van der Waals surface area (Å²) in [4.78, 5) is 0. The standard InChI is InChI=1S/C10H22O2/c1-9(2,3)8(12)10(4,5)6-7-11/h8,11-12H,6-7H2,1-5H3. The Morgan fingerprint density at radius 1 is 1.08 bits per heavy atom. The summed E-state index contributed by atoms with van der Waals surface area (Å²) in [6.07, 6.45) is 0.267. The summed E-state index contributed by atoms with van der Waals surface area (Å²) in [6, 6.07) is 0. The van der Waals surface area contributed by atoms with Crippen LogP contribution in [0.25, 0.3) is 0 Å². The molecule has 0 radical (unpaired) electrons. The van der Waals surface area contributed by atoms with Crippen LogP contribution in [0, 0.1) is 10.8 Å². The SMILES string of the molecule is CC(C)(C)C(O)C(C)(C)CCO. The molecule has 0 aromatic carbocycles. The normalized spacial score (nSPS) is 16.2. The Balaban J connectivity index is 4.34. The van der Waals surface area contributed by atoms with Gasteiger partial charge in [0, 0.05) is 6.61 Å². The maximum atomic E-state index is 9.93. The second-order valence-corrected chi connectivity index (χ2v) is 5.23. The Morgan fingerprint density at radius 2 is 1.50 bits per heavy atom. The molecule has 0 aliphatic rings. The van der Waals surface area contributed by atoms with E-state index in [1.165, 1.54) is 0 Å². The Kier molecular flexibility index (Phi) is 3.73. The van der Waals surface area contributed by atoms with Gasteiger partial charge in [-0.1, -0.05) is 34.6 Å². The van der Waals surface area contributed by atoms with Crippen LogP contribution in [0.5, 0.6) is 0 Å². The van der Waals surface area contributed by atoms with E-state index in [1.54, 1.807) is 0 Å². The first kappa shape index (κ1) is 11.9. The van der Waals surface area contributed by atoms with E-state index in [0.717, 1.165) is 0 Å². The number of hydrogen-bond acceptors (Lipinski definition) is 2. The highest BCUT2D eigenvalue weighted by atomic mass is 16.3. The van der Waals surface area contributed by atoms with Gasteiger partial charge < -0.3 is 10.2 Å². The van der Waals surface area contributed by atoms with Crippen LogP contribution in [-0.4, -0.2) is 22.9 Å². The van der Waals surface area contributed by atoms with Gasteiger partial charge in [-0.2, -0.15) is 0 Å². The van der Waals surface area contributed by atoms with Gasteiger partial charge >= 0.3 is 0 Å². The van der Waals surface area contributed by atoms with Crippen LogP contribution in [0.3, 0.4) is 0 Å². The quantitative estimate of drug-likeness (QED) is 0.685. The number of hydrogen-bond donors (Lipinski definition) is 2. The molecule has 0 fully saturated rings. The lowest BCUT2D eigenvalue weighted by atomic mass is 9.71. The van der Waals surface area contributed by atoms with E-state index in [1.807, 2.05) is 34.6 Å². The van der Waals surface area contributed by atoms with Crippen molar-refractivity contribution in [1.82, 2.24) is 0 Å². The van der Waals surface area contributed by atoms with Crippen molar-refractivity contribution in [3.63, 3.8) is 0 Å². The van der Waals surface area contributed by atoms with Crippen molar-refractivity contribution in [2.24, 2.45) is 10.8 Å². The molecule has 0 spiro atoms. The molecule has 0 rings (SSSR count). The molecular weight excluding hydrogens is 152 g/mol. The molecule has 74 valence electrons. The fraction of sp³-hybridized carbons (Fsp3) is 1.00. The topological polar surface area (TPSA) is 40.5 Å². The minimum absolute atomic E-state index is 0.112. The fourth-order valence-corrected chi connectivity index (χ4v) is 1.60. The van der Waals surface area contributed by atoms with E-state index in [0.29, 0.717) is 6.42 Å². The van der Waals surface area contributed by atoms with Crippen LogP contribution in [0.4, 0.5) is 0 Å². The molecule has 0 aliphatic carbocycles. The van der Waals surface area contributed by atoms with E-state index < -0.39 is 0 Å². The van der Waals surface area contributed by atoms with Gasteiger partial charge in [-0.15, -0.1) is 0 Å². The zero-order valence-electron chi connectivity index (χ0n) is 8.89. The Bertz CT molecular complexity index is 133. The summed E-state index contributed by atoms with van der Waals surface area (Å²) in [5.74, 6) is 0. The maximum absolute atomic E-state index is 9.93. The molecule has 1 unspecified atom stereocenters. The minimum Gasteiger partial charge on any atom is -0.396 e. The maximum Gasteiger partial charge on any atom is 0.0640 e. The van der Waals surface area contributed by atoms with Crippen molar-refractivity contribution >= 4 is 0 Å². The molecule has 0 saturated carbocycles. The average Bonchev–Trinajstić information content (AvgIpc) is 1.84. The van der Waals surface area contributed by atoms with Crippen LogP contribution < -0.4 is 0 Å². The first-order chi connectivity index (χ1) is 5.22. The van der Waals surface area contributed by atoms with Gasteiger partial charge in [0.15, 0.2) is 0 Å². The first-order valence-corrected chi connectivity index (χ1v) is 4.51. The molecule has 0 aromatic heterocycles. The third-order valence-electron chi connectivity index (χ3n) is 2.32. The van der Waals surface area contributed by atoms with E-state index in [4.69, 9.17) is 5.11 Å². The van der Waals surface area contributed by atoms with E-state index >= 15 is 0 Å². The summed E-state index contributed by atoms with van der Waals surface area (Å²) >= 11 is 0. The molecule has 2 heteroatoms. The Labute approximate surface area is 75.6 Å². The van der Waals surface area contributed by atoms with Crippen molar-refractivity contribution in [2.45, 2.75) is 47.1 Å². The summed E-state index contributed by atoms with van der Waals surface area (Å²) in [5.41, 5.74) is -0.314. The smallest absolute Gasteiger partial charge is 0.0640 e. The molecule has 0 aromatic rings. The van der Waals surface area contributed by atoms with Crippen molar-refractivity contribution in [2.75, 3.05) is 6.61 Å². The molecule has 2 N–H and O–H groups in total. The molecule has 0 bridgehead atoms. The molecule has 0 saturated heterocycles. The molecule has 2 nitrogen and oxygen atoms in total. The zero-order chi connectivity index (χ0) is 9.99. The number of aliphatic hydroxyl groups excluding tert-OH is 2. The largest absolute Gasteiger partial charge is 0.396 e. The predicted molar refractivity (Wildman–Crippen MR) is 50.9 cm³/mol. The molecule has 0 amide bonds. The molecule has 1 atom stereocenters. The third-order valence-corrected chi connectivity index (χ3v) is 2.32. The lowest BCUT2D eigenvalue weighted by molar-refractivity contribution is -0.0424. The average molecular weight is 174 g/mol. The molecular formula is C10H22O2. The van der Waals surface area contributed by atoms with Gasteiger partial charge in [-0.05, 0) is 17.3 Å². The van der Waals surface area contributed by atoms with Crippen molar-refractivity contribution in [3.8, 4) is 0 Å². The van der Waals surface area contributed by atoms with Crippen LogP contribution in [-0.2, 0) is 0 Å². The molecule has 0 aliphatic heterocycles. The number of rotatable bonds is 3. The Hall–Kier alpha value is -0.0800. The highest BCUT2D eigenvalue weighted by Gasteiger charge is 2.35. The van der Waals surface area contributed by atoms with E-state index in [9.17, 15) is 5.11 Å². The van der Waals surface area contributed by atoms with Gasteiger partial charge in [0.2, 0.25) is 0 Å². The molecule has 12 heavy (non-hydrogen) atoms. The van der Waals surface area contributed by atoms with Gasteiger partial charge in [0.1, 0.15) is 0 Å². The zero-order valence-corrected chi connectivity index (χ0v) is 8.89. The van der Waals surface area contributed by atoms with Gasteiger partial charge in [-0.25, -0.2) is 0 Å². The summed E-state index contributed by atoms with van der Waals surface area (Å²) < 4.78 is 0. The van der Waals surface area contributed by atoms with Gasteiger partial charge in [-0.3, -0.25) is 0 Å². The second-order valence-electron chi connectivity index (χ2n) is 5.23. The van der Waals surface area contributed by atoms with Crippen LogP contribution in [0.15, 0.2) is 0 Å². The van der Waals surface area contributed by atoms with Crippen molar-refractivity contribution in [1.29, 1.82) is 0 Å². The summed E-state index contributed by atoms with van der Waals surface area (Å²) in [6.45, 7) is 10.1. The lowest BCUT2D eigenvalue weighted by Gasteiger charge is -2.38. The van der Waals surface area contributed by atoms with Crippen LogP contribution in [0.1, 0.15) is 41.0 Å². The van der Waals surface area contributed by atoms with Gasteiger partial charge in [0.05, 0.1) is 6.10 Å². The first-order valence-electron chi connectivity index (χ1n) is 4.51. The highest BCUT2D eigenvalue weighted by molar-refractivity contribution is 4.85. The Morgan fingerprint density at radius 3 is 1.75 bits per heavy atom. The predicted octanol–water partition coefficient (Wildman–Crippen LogP) is 1.80. The lowest BCUT2D eigenvalue weighted by Crippen LogP contribution is -2.40. The number of aliphatic hydroxyl groups is 2. The molecule has 0 heterocycles. The second kappa shape index (κ2) is 3.75. The van der Waals surface area contributed by atoms with Crippen molar-refractivity contribution in [3.05, 3.63) is 0 Å². The van der Waals surface area contributed by atoms with Gasteiger partial charge in [0.25, 0.3) is 0 Å².